The van der Waals surface area contributed by atoms with E-state index >= 15 is 0 Å². The molecule has 0 spiro atoms. The number of allylic oxidation sites excluding steroid dienone is 5. The number of hydrogen-bond donors (Lipinski definition) is 1. The molecule has 0 bridgehead atoms. The highest BCUT2D eigenvalue weighted by Crippen LogP contribution is 2.26. The zero-order valence-corrected chi connectivity index (χ0v) is 13.2. The molecule has 2 heterocycles. The van der Waals surface area contributed by atoms with Gasteiger partial charge in [0.25, 0.3) is 5.56 Å². The first-order valence-electron chi connectivity index (χ1n) is 6.72. The molecule has 0 aliphatic heterocycles. The lowest BCUT2D eigenvalue weighted by molar-refractivity contribution is 0.939. The molecule has 0 atom stereocenters. The van der Waals surface area contributed by atoms with E-state index in [0.717, 1.165) is 16.8 Å². The van der Waals surface area contributed by atoms with Gasteiger partial charge in [0.05, 0.1) is 17.0 Å². The number of nitrogens with zero attached hydrogens (tertiary/aromatic N) is 2. The van der Waals surface area contributed by atoms with Crippen LogP contribution < -0.4 is 5.56 Å². The fourth-order valence-electron chi connectivity index (χ4n) is 2.13. The number of aromatic amines is 1. The van der Waals surface area contributed by atoms with Gasteiger partial charge in [-0.2, -0.15) is 5.10 Å². The molecule has 0 unspecified atom stereocenters. The van der Waals surface area contributed by atoms with E-state index in [0.29, 0.717) is 16.3 Å². The third-order valence-electron chi connectivity index (χ3n) is 3.17. The summed E-state index contributed by atoms with van der Waals surface area (Å²) in [6.07, 6.45) is 6.77. The van der Waals surface area contributed by atoms with Gasteiger partial charge in [0.2, 0.25) is 0 Å². The van der Waals surface area contributed by atoms with E-state index < -0.39 is 0 Å². The van der Waals surface area contributed by atoms with E-state index in [4.69, 9.17) is 11.6 Å². The summed E-state index contributed by atoms with van der Waals surface area (Å²) in [7, 11) is 0. The highest BCUT2D eigenvalue weighted by molar-refractivity contribution is 6.31. The van der Waals surface area contributed by atoms with Gasteiger partial charge in [-0.05, 0) is 37.6 Å². The molecule has 0 saturated heterocycles. The summed E-state index contributed by atoms with van der Waals surface area (Å²) in [6, 6.07) is 5.45. The van der Waals surface area contributed by atoms with E-state index in [1.807, 2.05) is 26.0 Å². The average molecular weight is 314 g/mol. The second kappa shape index (κ2) is 7.00. The summed E-state index contributed by atoms with van der Waals surface area (Å²) < 4.78 is 0. The molecule has 112 valence electrons. The van der Waals surface area contributed by atoms with Crippen molar-refractivity contribution in [3.8, 4) is 11.3 Å². The Labute approximate surface area is 133 Å². The molecule has 0 aromatic carbocycles. The second-order valence-corrected chi connectivity index (χ2v) is 5.14. The molecule has 0 fully saturated rings. The number of hydrogen-bond acceptors (Lipinski definition) is 3. The summed E-state index contributed by atoms with van der Waals surface area (Å²) in [5, 5.41) is 7.08. The number of nitrogens with one attached hydrogen (secondary N) is 1. The molecular weight excluding hydrogens is 298 g/mol. The molecule has 2 rings (SSSR count). The van der Waals surface area contributed by atoms with Crippen LogP contribution >= 0.6 is 11.6 Å². The van der Waals surface area contributed by atoms with E-state index in [2.05, 4.69) is 21.8 Å². The lowest BCUT2D eigenvalue weighted by Gasteiger charge is -2.10. The standard InChI is InChI=1S/C17H16ClN3O/c1-4-13(18)9-8-11(2)15-12(3)20-21-17(22)16(15)14-7-5-6-10-19-14/h4-10H,1H2,2-3H3,(H,21,22)/b11-8+,13-9+. The van der Waals surface area contributed by atoms with E-state index in [-0.39, 0.29) is 5.56 Å². The van der Waals surface area contributed by atoms with Crippen LogP contribution in [0.15, 0.2) is 59.0 Å². The lowest BCUT2D eigenvalue weighted by Crippen LogP contribution is -2.16. The lowest BCUT2D eigenvalue weighted by atomic mass is 9.98. The fourth-order valence-corrected chi connectivity index (χ4v) is 2.20. The van der Waals surface area contributed by atoms with Crippen molar-refractivity contribution in [2.45, 2.75) is 13.8 Å². The monoisotopic (exact) mass is 313 g/mol. The van der Waals surface area contributed by atoms with Gasteiger partial charge in [-0.25, -0.2) is 5.10 Å². The minimum absolute atomic E-state index is 0.272. The number of aryl methyl sites for hydroxylation is 1. The normalized spacial score (nSPS) is 12.3. The summed E-state index contributed by atoms with van der Waals surface area (Å²) >= 11 is 5.93. The minimum atomic E-state index is -0.272. The van der Waals surface area contributed by atoms with Gasteiger partial charge < -0.3 is 0 Å². The van der Waals surface area contributed by atoms with Crippen molar-refractivity contribution >= 4 is 17.2 Å². The van der Waals surface area contributed by atoms with Crippen LogP contribution in [0, 0.1) is 6.92 Å². The third-order valence-corrected chi connectivity index (χ3v) is 3.45. The Kier molecular flexibility index (Phi) is 5.07. The maximum absolute atomic E-state index is 12.2. The first-order valence-corrected chi connectivity index (χ1v) is 7.10. The Hall–Kier alpha value is -2.46. The Morgan fingerprint density at radius 2 is 2.14 bits per heavy atom. The SMILES string of the molecule is C=C/C(Cl)=C\C=C(/C)c1c(C)n[nH]c(=O)c1-c1ccccn1. The largest absolute Gasteiger partial charge is 0.274 e. The van der Waals surface area contributed by atoms with Crippen LogP contribution in [0.4, 0.5) is 0 Å². The average Bonchev–Trinajstić information content (AvgIpc) is 2.54. The number of pyridine rings is 1. The number of aromatic nitrogens is 3. The van der Waals surface area contributed by atoms with Crippen LogP contribution in [-0.4, -0.2) is 15.2 Å². The van der Waals surface area contributed by atoms with Crippen molar-refractivity contribution in [3.63, 3.8) is 0 Å². The molecule has 0 amide bonds. The molecular formula is C17H16ClN3O. The Morgan fingerprint density at radius 1 is 1.36 bits per heavy atom. The molecule has 22 heavy (non-hydrogen) atoms. The second-order valence-electron chi connectivity index (χ2n) is 4.71. The van der Waals surface area contributed by atoms with Crippen LogP contribution in [0.3, 0.4) is 0 Å². The van der Waals surface area contributed by atoms with Gasteiger partial charge >= 0.3 is 0 Å². The molecule has 0 radical (unpaired) electrons. The predicted molar refractivity (Wildman–Crippen MR) is 90.6 cm³/mol. The van der Waals surface area contributed by atoms with Crippen molar-refractivity contribution in [1.82, 2.24) is 15.2 Å². The highest BCUT2D eigenvalue weighted by atomic mass is 35.5. The first kappa shape index (κ1) is 15.9. The quantitative estimate of drug-likeness (QED) is 0.872. The van der Waals surface area contributed by atoms with Crippen LogP contribution in [0.1, 0.15) is 18.2 Å². The van der Waals surface area contributed by atoms with Crippen molar-refractivity contribution in [1.29, 1.82) is 0 Å². The van der Waals surface area contributed by atoms with Crippen LogP contribution in [0.2, 0.25) is 0 Å². The zero-order chi connectivity index (χ0) is 16.1. The molecule has 4 nitrogen and oxygen atoms in total. The first-order chi connectivity index (χ1) is 10.5. The van der Waals surface area contributed by atoms with Crippen LogP contribution in [0.25, 0.3) is 16.8 Å². The van der Waals surface area contributed by atoms with E-state index in [1.54, 1.807) is 30.5 Å². The van der Waals surface area contributed by atoms with Gasteiger partial charge in [-0.3, -0.25) is 9.78 Å². The van der Waals surface area contributed by atoms with Gasteiger partial charge in [-0.15, -0.1) is 0 Å². The molecule has 0 saturated carbocycles. The van der Waals surface area contributed by atoms with E-state index in [9.17, 15) is 4.79 Å². The van der Waals surface area contributed by atoms with Crippen molar-refractivity contribution < 1.29 is 0 Å². The molecule has 1 N–H and O–H groups in total. The van der Waals surface area contributed by atoms with Gasteiger partial charge in [0.15, 0.2) is 0 Å². The van der Waals surface area contributed by atoms with Gasteiger partial charge in [0.1, 0.15) is 0 Å². The van der Waals surface area contributed by atoms with Crippen LogP contribution in [0.5, 0.6) is 0 Å². The van der Waals surface area contributed by atoms with Crippen molar-refractivity contribution in [3.05, 3.63) is 75.8 Å². The smallest absolute Gasteiger partial charge is 0.267 e. The minimum Gasteiger partial charge on any atom is -0.267 e. The number of rotatable bonds is 4. The summed E-state index contributed by atoms with van der Waals surface area (Å²) in [5.74, 6) is 0. The van der Waals surface area contributed by atoms with Crippen LogP contribution in [-0.2, 0) is 0 Å². The maximum Gasteiger partial charge on any atom is 0.274 e. The Bertz CT molecular complexity index is 804. The highest BCUT2D eigenvalue weighted by Gasteiger charge is 2.15. The van der Waals surface area contributed by atoms with Gasteiger partial charge in [-0.1, -0.05) is 36.4 Å². The third kappa shape index (κ3) is 3.40. The fraction of sp³-hybridized carbons (Fsp3) is 0.118. The molecule has 0 aliphatic carbocycles. The Morgan fingerprint density at radius 3 is 2.77 bits per heavy atom. The Balaban J connectivity index is 2.69. The topological polar surface area (TPSA) is 58.6 Å². The number of halogens is 1. The van der Waals surface area contributed by atoms with Crippen molar-refractivity contribution in [2.75, 3.05) is 0 Å². The predicted octanol–water partition coefficient (Wildman–Crippen LogP) is 3.85. The zero-order valence-electron chi connectivity index (χ0n) is 12.4. The molecule has 5 heteroatoms. The molecule has 0 aliphatic rings. The molecule has 2 aromatic rings. The summed E-state index contributed by atoms with van der Waals surface area (Å²) in [6.45, 7) is 7.34. The number of H-pyrrole nitrogens is 1. The van der Waals surface area contributed by atoms with Crippen molar-refractivity contribution in [2.24, 2.45) is 0 Å². The van der Waals surface area contributed by atoms with Gasteiger partial charge in [0, 0.05) is 16.8 Å². The van der Waals surface area contributed by atoms with E-state index in [1.165, 1.54) is 0 Å². The summed E-state index contributed by atoms with van der Waals surface area (Å²) in [4.78, 5) is 16.5. The molecule has 2 aromatic heterocycles. The maximum atomic E-state index is 12.2. The summed E-state index contributed by atoms with van der Waals surface area (Å²) in [5.41, 5.74) is 3.19.